The predicted octanol–water partition coefficient (Wildman–Crippen LogP) is 0.327. The molecule has 1 rings (SSSR count). The van der Waals surface area contributed by atoms with Gasteiger partial charge >= 0.3 is 0 Å². The summed E-state index contributed by atoms with van der Waals surface area (Å²) >= 11 is 0. The molecule has 0 aromatic rings. The van der Waals surface area contributed by atoms with Gasteiger partial charge in [0.2, 0.25) is 0 Å². The molecule has 5 heteroatoms. The lowest BCUT2D eigenvalue weighted by molar-refractivity contribution is -0.162. The third-order valence-electron chi connectivity index (χ3n) is 3.09. The van der Waals surface area contributed by atoms with Gasteiger partial charge in [0.05, 0.1) is 12.2 Å². The van der Waals surface area contributed by atoms with Crippen molar-refractivity contribution in [1.29, 1.82) is 0 Å². The molecule has 0 bridgehead atoms. The minimum atomic E-state index is -0.917. The van der Waals surface area contributed by atoms with Crippen LogP contribution >= 0.6 is 0 Å². The van der Waals surface area contributed by atoms with Crippen LogP contribution < -0.4 is 0 Å². The smallest absolute Gasteiger partial charge is 0.254 e. The van der Waals surface area contributed by atoms with Crippen molar-refractivity contribution in [3.8, 4) is 0 Å². The Morgan fingerprint density at radius 3 is 2.11 bits per heavy atom. The second-order valence-corrected chi connectivity index (χ2v) is 6.21. The Hall–Kier alpha value is -0.650. The zero-order chi connectivity index (χ0) is 14.0. The fourth-order valence-corrected chi connectivity index (χ4v) is 1.81. The van der Waals surface area contributed by atoms with Crippen LogP contribution in [-0.2, 0) is 9.53 Å². The van der Waals surface area contributed by atoms with E-state index in [0.717, 1.165) is 26.2 Å². The molecule has 1 amide bonds. The maximum absolute atomic E-state index is 12.3. The first kappa shape index (κ1) is 15.4. The highest BCUT2D eigenvalue weighted by atomic mass is 16.5. The summed E-state index contributed by atoms with van der Waals surface area (Å²) in [4.78, 5) is 16.4. The fraction of sp³-hybridized carbons (Fsp3) is 0.923. The predicted molar refractivity (Wildman–Crippen MR) is 70.4 cm³/mol. The quantitative estimate of drug-likeness (QED) is 0.789. The Morgan fingerprint density at radius 2 is 1.67 bits per heavy atom. The van der Waals surface area contributed by atoms with Crippen LogP contribution in [0.3, 0.4) is 0 Å². The molecule has 0 aromatic heterocycles. The summed E-state index contributed by atoms with van der Waals surface area (Å²) in [6.07, 6.45) is 0. The largest absolute Gasteiger partial charge is 0.388 e. The summed E-state index contributed by atoms with van der Waals surface area (Å²) in [5, 5.41) is 9.65. The van der Waals surface area contributed by atoms with E-state index in [2.05, 4.69) is 11.9 Å². The van der Waals surface area contributed by atoms with E-state index in [4.69, 9.17) is 4.74 Å². The molecule has 0 atom stereocenters. The molecule has 0 spiro atoms. The van der Waals surface area contributed by atoms with E-state index in [9.17, 15) is 9.90 Å². The maximum atomic E-state index is 12.3. The summed E-state index contributed by atoms with van der Waals surface area (Å²) < 4.78 is 5.58. The number of aliphatic hydroxyl groups is 1. The number of ether oxygens (including phenoxy) is 1. The number of nitrogens with zero attached hydrogens (tertiary/aromatic N) is 2. The molecule has 0 unspecified atom stereocenters. The van der Waals surface area contributed by atoms with Gasteiger partial charge in [-0.05, 0) is 34.7 Å². The standard InChI is InChI=1S/C13H26N2O3/c1-12(2,17)10-18-13(3,4)11(16)15-8-6-14(5)7-9-15/h17H,6-10H2,1-5H3. The third-order valence-corrected chi connectivity index (χ3v) is 3.09. The van der Waals surface area contributed by atoms with Crippen molar-refractivity contribution < 1.29 is 14.6 Å². The Labute approximate surface area is 110 Å². The lowest BCUT2D eigenvalue weighted by Crippen LogP contribution is -2.54. The van der Waals surface area contributed by atoms with Gasteiger partial charge in [-0.25, -0.2) is 0 Å². The second kappa shape index (κ2) is 5.55. The summed E-state index contributed by atoms with van der Waals surface area (Å²) in [5.74, 6) is -0.000139. The van der Waals surface area contributed by atoms with Gasteiger partial charge in [-0.15, -0.1) is 0 Å². The van der Waals surface area contributed by atoms with Crippen LogP contribution in [0, 0.1) is 0 Å². The lowest BCUT2D eigenvalue weighted by Gasteiger charge is -2.37. The molecule has 0 saturated carbocycles. The van der Waals surface area contributed by atoms with Crippen molar-refractivity contribution in [2.24, 2.45) is 0 Å². The molecule has 106 valence electrons. The van der Waals surface area contributed by atoms with Gasteiger partial charge in [0.25, 0.3) is 5.91 Å². The van der Waals surface area contributed by atoms with E-state index in [0.29, 0.717) is 0 Å². The molecule has 0 aromatic carbocycles. The van der Waals surface area contributed by atoms with E-state index >= 15 is 0 Å². The summed E-state index contributed by atoms with van der Waals surface area (Å²) in [6, 6.07) is 0. The molecule has 1 saturated heterocycles. The van der Waals surface area contributed by atoms with Gasteiger partial charge < -0.3 is 19.6 Å². The summed E-state index contributed by atoms with van der Waals surface area (Å²) in [5.41, 5.74) is -1.80. The minimum absolute atomic E-state index is 0.000139. The van der Waals surface area contributed by atoms with Gasteiger partial charge in [0.15, 0.2) is 0 Å². The molecule has 1 aliphatic heterocycles. The van der Waals surface area contributed by atoms with Crippen LogP contribution in [0.5, 0.6) is 0 Å². The Kier molecular flexibility index (Phi) is 4.75. The highest BCUT2D eigenvalue weighted by molar-refractivity contribution is 5.84. The number of likely N-dealkylation sites (N-methyl/N-ethyl adjacent to an activating group) is 1. The molecular weight excluding hydrogens is 232 g/mol. The normalized spacial score (nSPS) is 19.1. The van der Waals surface area contributed by atoms with Crippen LogP contribution in [0.15, 0.2) is 0 Å². The highest BCUT2D eigenvalue weighted by Gasteiger charge is 2.35. The monoisotopic (exact) mass is 258 g/mol. The highest BCUT2D eigenvalue weighted by Crippen LogP contribution is 2.17. The molecular formula is C13H26N2O3. The first-order valence-corrected chi connectivity index (χ1v) is 6.46. The van der Waals surface area contributed by atoms with Crippen molar-refractivity contribution >= 4 is 5.91 Å². The second-order valence-electron chi connectivity index (χ2n) is 6.21. The molecule has 5 nitrogen and oxygen atoms in total. The van der Waals surface area contributed by atoms with Gasteiger partial charge in [-0.2, -0.15) is 0 Å². The van der Waals surface area contributed by atoms with Gasteiger partial charge in [-0.1, -0.05) is 0 Å². The van der Waals surface area contributed by atoms with Crippen LogP contribution in [-0.4, -0.2) is 71.8 Å². The van der Waals surface area contributed by atoms with Crippen LogP contribution in [0.1, 0.15) is 27.7 Å². The van der Waals surface area contributed by atoms with Gasteiger partial charge in [-0.3, -0.25) is 4.79 Å². The first-order valence-electron chi connectivity index (χ1n) is 6.46. The first-order chi connectivity index (χ1) is 8.12. The van der Waals surface area contributed by atoms with Crippen molar-refractivity contribution in [3.63, 3.8) is 0 Å². The van der Waals surface area contributed by atoms with Crippen LogP contribution in [0.25, 0.3) is 0 Å². The molecule has 1 N–H and O–H groups in total. The summed E-state index contributed by atoms with van der Waals surface area (Å²) in [7, 11) is 2.05. The zero-order valence-electron chi connectivity index (χ0n) is 12.2. The summed E-state index contributed by atoms with van der Waals surface area (Å²) in [6.45, 7) is 10.3. The number of rotatable bonds is 4. The van der Waals surface area contributed by atoms with Gasteiger partial charge in [0, 0.05) is 26.2 Å². The van der Waals surface area contributed by atoms with E-state index in [1.54, 1.807) is 27.7 Å². The van der Waals surface area contributed by atoms with E-state index in [1.807, 2.05) is 4.90 Å². The molecule has 18 heavy (non-hydrogen) atoms. The fourth-order valence-electron chi connectivity index (χ4n) is 1.81. The van der Waals surface area contributed by atoms with E-state index in [1.165, 1.54) is 0 Å². The average Bonchev–Trinajstić information content (AvgIpc) is 2.26. The molecule has 0 radical (unpaired) electrons. The van der Waals surface area contributed by atoms with Crippen LogP contribution in [0.2, 0.25) is 0 Å². The molecule has 0 aliphatic carbocycles. The number of hydrogen-bond donors (Lipinski definition) is 1. The lowest BCUT2D eigenvalue weighted by atomic mass is 10.1. The molecule has 1 fully saturated rings. The Balaban J connectivity index is 2.53. The topological polar surface area (TPSA) is 53.0 Å². The Bertz CT molecular complexity index is 289. The zero-order valence-corrected chi connectivity index (χ0v) is 12.2. The SMILES string of the molecule is CN1CCN(C(=O)C(C)(C)OCC(C)(C)O)CC1. The molecule has 1 heterocycles. The molecule has 1 aliphatic rings. The van der Waals surface area contributed by atoms with Crippen LogP contribution in [0.4, 0.5) is 0 Å². The maximum Gasteiger partial charge on any atom is 0.254 e. The van der Waals surface area contributed by atoms with E-state index in [-0.39, 0.29) is 12.5 Å². The minimum Gasteiger partial charge on any atom is -0.388 e. The van der Waals surface area contributed by atoms with Gasteiger partial charge in [0.1, 0.15) is 5.60 Å². The van der Waals surface area contributed by atoms with E-state index < -0.39 is 11.2 Å². The number of carbonyl (C=O) groups is 1. The number of carbonyl (C=O) groups excluding carboxylic acids is 1. The Morgan fingerprint density at radius 1 is 1.17 bits per heavy atom. The van der Waals surface area contributed by atoms with Crippen molar-refractivity contribution in [1.82, 2.24) is 9.80 Å². The third kappa shape index (κ3) is 4.55. The van der Waals surface area contributed by atoms with Crippen molar-refractivity contribution in [2.75, 3.05) is 39.8 Å². The van der Waals surface area contributed by atoms with Crippen molar-refractivity contribution in [2.45, 2.75) is 38.9 Å². The van der Waals surface area contributed by atoms with Crippen molar-refractivity contribution in [3.05, 3.63) is 0 Å². The number of hydrogen-bond acceptors (Lipinski definition) is 4. The number of piperazine rings is 1. The number of amides is 1. The average molecular weight is 258 g/mol.